The van der Waals surface area contributed by atoms with Crippen molar-refractivity contribution in [2.24, 2.45) is 0 Å². The molecule has 2 aliphatic rings. The molecule has 26 heavy (non-hydrogen) atoms. The van der Waals surface area contributed by atoms with Gasteiger partial charge in [-0.25, -0.2) is 0 Å². The van der Waals surface area contributed by atoms with Crippen molar-refractivity contribution in [1.29, 1.82) is 0 Å². The minimum Gasteiger partial charge on any atom is -0.461 e. The Morgan fingerprint density at radius 1 is 0.923 bits per heavy atom. The van der Waals surface area contributed by atoms with E-state index in [1.54, 1.807) is 0 Å². The second kappa shape index (κ2) is 5.25. The maximum absolute atomic E-state index is 6.12. The van der Waals surface area contributed by atoms with Gasteiger partial charge in [-0.1, -0.05) is 48.6 Å². The van der Waals surface area contributed by atoms with E-state index < -0.39 is 0 Å². The van der Waals surface area contributed by atoms with Crippen LogP contribution in [0.15, 0.2) is 59.0 Å². The van der Waals surface area contributed by atoms with Gasteiger partial charge >= 0.3 is 0 Å². The molecule has 2 aromatic heterocycles. The molecule has 1 atom stereocenters. The predicted octanol–water partition coefficient (Wildman–Crippen LogP) is 4.55. The lowest BCUT2D eigenvalue weighted by Gasteiger charge is -2.18. The lowest BCUT2D eigenvalue weighted by molar-refractivity contribution is 0.474. The monoisotopic (exact) mass is 337 g/mol. The van der Waals surface area contributed by atoms with Crippen molar-refractivity contribution < 1.29 is 4.42 Å². The Morgan fingerprint density at radius 3 is 2.42 bits per heavy atom. The molecule has 0 fully saturated rings. The zero-order chi connectivity index (χ0) is 17.1. The van der Waals surface area contributed by atoms with E-state index >= 15 is 0 Å². The first-order chi connectivity index (χ1) is 12.9. The fraction of sp³-hybridized carbons (Fsp3) is 0.167. The Balaban J connectivity index is 1.65. The van der Waals surface area contributed by atoms with Crippen LogP contribution in [0, 0.1) is 0 Å². The number of allylic oxidation sites excluding steroid dienone is 1. The molecule has 2 aromatic carbocycles. The van der Waals surface area contributed by atoms with Crippen molar-refractivity contribution in [2.75, 3.05) is 0 Å². The minimum absolute atomic E-state index is 0.310. The van der Waals surface area contributed by atoms with Crippen molar-refractivity contribution in [1.82, 2.24) is 4.57 Å². The first kappa shape index (κ1) is 14.2. The summed E-state index contributed by atoms with van der Waals surface area (Å²) in [5, 5.41) is 3.93. The first-order valence-electron chi connectivity index (χ1n) is 9.38. The fourth-order valence-electron chi connectivity index (χ4n) is 4.61. The number of furan rings is 1. The number of benzene rings is 2. The van der Waals surface area contributed by atoms with E-state index in [1.807, 2.05) is 0 Å². The Kier molecular flexibility index (Phi) is 2.87. The molecule has 4 aromatic rings. The highest BCUT2D eigenvalue weighted by Gasteiger charge is 2.20. The van der Waals surface area contributed by atoms with Crippen molar-refractivity contribution in [3.63, 3.8) is 0 Å². The SMILES string of the molecule is C1=Cc2c(oc3c2=CC(n2c4ccccc4c4ccccc42)CC=3)CC1. The molecule has 6 rings (SSSR count). The molecule has 2 heterocycles. The van der Waals surface area contributed by atoms with Gasteiger partial charge in [0.25, 0.3) is 0 Å². The molecule has 0 spiro atoms. The van der Waals surface area contributed by atoms with Gasteiger partial charge in [0.2, 0.25) is 0 Å². The lowest BCUT2D eigenvalue weighted by Crippen LogP contribution is -2.28. The number of rotatable bonds is 1. The molecular formula is C24H19NO. The number of para-hydroxylation sites is 2. The Hall–Kier alpha value is -3.00. The van der Waals surface area contributed by atoms with E-state index in [2.05, 4.69) is 77.4 Å². The molecule has 0 radical (unpaired) electrons. The molecule has 2 nitrogen and oxygen atoms in total. The fourth-order valence-corrected chi connectivity index (χ4v) is 4.61. The summed E-state index contributed by atoms with van der Waals surface area (Å²) in [6.45, 7) is 0. The van der Waals surface area contributed by atoms with Crippen LogP contribution in [-0.2, 0) is 6.42 Å². The smallest absolute Gasteiger partial charge is 0.130 e. The van der Waals surface area contributed by atoms with Crippen LogP contribution in [0.5, 0.6) is 0 Å². The summed E-state index contributed by atoms with van der Waals surface area (Å²) >= 11 is 0. The van der Waals surface area contributed by atoms with Gasteiger partial charge < -0.3 is 8.98 Å². The van der Waals surface area contributed by atoms with E-state index in [4.69, 9.17) is 4.42 Å². The molecule has 0 N–H and O–H groups in total. The van der Waals surface area contributed by atoms with Crippen LogP contribution in [0.4, 0.5) is 0 Å². The summed E-state index contributed by atoms with van der Waals surface area (Å²) in [7, 11) is 0. The quantitative estimate of drug-likeness (QED) is 0.498. The van der Waals surface area contributed by atoms with Crippen LogP contribution >= 0.6 is 0 Å². The van der Waals surface area contributed by atoms with E-state index in [1.165, 1.54) is 32.6 Å². The predicted molar refractivity (Wildman–Crippen MR) is 107 cm³/mol. The van der Waals surface area contributed by atoms with Crippen LogP contribution < -0.4 is 10.6 Å². The van der Waals surface area contributed by atoms with Crippen molar-refractivity contribution in [2.45, 2.75) is 25.3 Å². The van der Waals surface area contributed by atoms with E-state index in [-0.39, 0.29) is 0 Å². The molecule has 1 unspecified atom stereocenters. The molecular weight excluding hydrogens is 318 g/mol. The van der Waals surface area contributed by atoms with Crippen LogP contribution in [0.2, 0.25) is 0 Å². The summed E-state index contributed by atoms with van der Waals surface area (Å²) in [6.07, 6.45) is 12.2. The maximum Gasteiger partial charge on any atom is 0.130 e. The van der Waals surface area contributed by atoms with Gasteiger partial charge in [-0.05, 0) is 37.1 Å². The Morgan fingerprint density at radius 2 is 1.65 bits per heavy atom. The summed E-state index contributed by atoms with van der Waals surface area (Å²) in [6, 6.07) is 17.8. The van der Waals surface area contributed by atoms with Crippen LogP contribution in [-0.4, -0.2) is 4.57 Å². The third-order valence-electron chi connectivity index (χ3n) is 5.76. The van der Waals surface area contributed by atoms with Crippen molar-refractivity contribution in [3.8, 4) is 0 Å². The zero-order valence-electron chi connectivity index (χ0n) is 14.5. The minimum atomic E-state index is 0.310. The molecule has 0 amide bonds. The zero-order valence-corrected chi connectivity index (χ0v) is 14.5. The summed E-state index contributed by atoms with van der Waals surface area (Å²) < 4.78 is 8.62. The normalized spacial score (nSPS) is 18.4. The third kappa shape index (κ3) is 1.87. The standard InChI is InChI=1S/C24H19NO/c1-4-10-21-17(7-1)18-8-2-5-11-22(18)25(21)16-13-14-24-20(15-16)19-9-3-6-12-23(19)26-24/h1-5,7-11,14-16H,6,12-13H2. The second-order valence-corrected chi connectivity index (χ2v) is 7.24. The van der Waals surface area contributed by atoms with Crippen LogP contribution in [0.1, 0.15) is 30.2 Å². The largest absolute Gasteiger partial charge is 0.461 e. The topological polar surface area (TPSA) is 18.1 Å². The number of fused-ring (bicyclic) bond motifs is 6. The molecule has 0 aliphatic heterocycles. The van der Waals surface area contributed by atoms with Gasteiger partial charge in [0, 0.05) is 39.0 Å². The van der Waals surface area contributed by atoms with E-state index in [9.17, 15) is 0 Å². The summed E-state index contributed by atoms with van der Waals surface area (Å²) in [5.41, 5.74) is 4.95. The molecule has 0 saturated heterocycles. The Bertz CT molecular complexity index is 1260. The highest BCUT2D eigenvalue weighted by molar-refractivity contribution is 6.08. The number of hydrogen-bond acceptors (Lipinski definition) is 1. The first-order valence-corrected chi connectivity index (χ1v) is 9.38. The average molecular weight is 337 g/mol. The molecule has 0 saturated carbocycles. The number of hydrogen-bond donors (Lipinski definition) is 0. The van der Waals surface area contributed by atoms with Gasteiger partial charge in [0.1, 0.15) is 11.2 Å². The number of aromatic nitrogens is 1. The van der Waals surface area contributed by atoms with Gasteiger partial charge in [0.15, 0.2) is 0 Å². The number of aryl methyl sites for hydroxylation is 1. The second-order valence-electron chi connectivity index (χ2n) is 7.24. The summed E-state index contributed by atoms with van der Waals surface area (Å²) in [5.74, 6) is 1.15. The molecule has 2 heteroatoms. The highest BCUT2D eigenvalue weighted by atomic mass is 16.3. The molecule has 126 valence electrons. The van der Waals surface area contributed by atoms with Gasteiger partial charge in [-0.2, -0.15) is 0 Å². The average Bonchev–Trinajstić information content (AvgIpc) is 3.23. The summed E-state index contributed by atoms with van der Waals surface area (Å²) in [4.78, 5) is 0. The highest BCUT2D eigenvalue weighted by Crippen LogP contribution is 2.34. The lowest BCUT2D eigenvalue weighted by atomic mass is 10.0. The van der Waals surface area contributed by atoms with Crippen LogP contribution in [0.25, 0.3) is 40.0 Å². The van der Waals surface area contributed by atoms with E-state index in [0.717, 1.165) is 30.4 Å². The number of nitrogens with zero attached hydrogens (tertiary/aromatic N) is 1. The van der Waals surface area contributed by atoms with Crippen LogP contribution in [0.3, 0.4) is 0 Å². The van der Waals surface area contributed by atoms with Crippen molar-refractivity contribution in [3.05, 3.63) is 76.6 Å². The Labute approximate surface area is 151 Å². The molecule has 2 aliphatic carbocycles. The van der Waals surface area contributed by atoms with Gasteiger partial charge in [0.05, 0.1) is 6.04 Å². The third-order valence-corrected chi connectivity index (χ3v) is 5.76. The van der Waals surface area contributed by atoms with Crippen molar-refractivity contribution >= 4 is 40.0 Å². The van der Waals surface area contributed by atoms with Gasteiger partial charge in [-0.3, -0.25) is 0 Å². The van der Waals surface area contributed by atoms with E-state index in [0.29, 0.717) is 6.04 Å². The van der Waals surface area contributed by atoms with Gasteiger partial charge in [-0.15, -0.1) is 0 Å². The maximum atomic E-state index is 6.12. The molecule has 0 bridgehead atoms.